The second-order valence-corrected chi connectivity index (χ2v) is 5.99. The first kappa shape index (κ1) is 14.3. The number of benzene rings is 1. The summed E-state index contributed by atoms with van der Waals surface area (Å²) >= 11 is 0. The zero-order chi connectivity index (χ0) is 14.5. The highest BCUT2D eigenvalue weighted by atomic mass is 16.5. The number of rotatable bonds is 5. The van der Waals surface area contributed by atoms with Gasteiger partial charge in [0.25, 0.3) is 0 Å². The largest absolute Gasteiger partial charge is 0.477 e. The van der Waals surface area contributed by atoms with Crippen LogP contribution in [-0.4, -0.2) is 18.6 Å². The van der Waals surface area contributed by atoms with Crippen molar-refractivity contribution in [2.45, 2.75) is 38.6 Å². The van der Waals surface area contributed by atoms with E-state index in [1.54, 1.807) is 0 Å². The molecule has 1 aliphatic carbocycles. The standard InChI is InChI=1S/C18H24N2O/c1-19-12-16-11-15-9-5-6-10-17(15)18(20-16)21-13-14-7-3-2-4-8-14/h5-6,9-11,14,19H,2-4,7-8,12-13H2,1H3. The van der Waals surface area contributed by atoms with Crippen LogP contribution in [0.1, 0.15) is 37.8 Å². The number of nitrogens with zero attached hydrogens (tertiary/aromatic N) is 1. The third kappa shape index (κ3) is 3.53. The van der Waals surface area contributed by atoms with Crippen molar-refractivity contribution >= 4 is 10.8 Å². The Labute approximate surface area is 126 Å². The number of fused-ring (bicyclic) bond motifs is 1. The lowest BCUT2D eigenvalue weighted by Gasteiger charge is -2.22. The summed E-state index contributed by atoms with van der Waals surface area (Å²) in [6.45, 7) is 1.57. The fourth-order valence-corrected chi connectivity index (χ4v) is 3.15. The van der Waals surface area contributed by atoms with Crippen LogP contribution in [0.25, 0.3) is 10.8 Å². The molecule has 1 aromatic heterocycles. The first-order valence-electron chi connectivity index (χ1n) is 8.03. The molecule has 3 rings (SSSR count). The van der Waals surface area contributed by atoms with E-state index in [-0.39, 0.29) is 0 Å². The molecule has 0 saturated heterocycles. The van der Waals surface area contributed by atoms with E-state index in [0.717, 1.165) is 30.1 Å². The van der Waals surface area contributed by atoms with Crippen LogP contribution in [0.3, 0.4) is 0 Å². The van der Waals surface area contributed by atoms with Crippen LogP contribution < -0.4 is 10.1 Å². The van der Waals surface area contributed by atoms with Crippen LogP contribution in [0, 0.1) is 5.92 Å². The Morgan fingerprint density at radius 1 is 1.19 bits per heavy atom. The van der Waals surface area contributed by atoms with Gasteiger partial charge in [-0.05, 0) is 43.3 Å². The fourth-order valence-electron chi connectivity index (χ4n) is 3.15. The minimum absolute atomic E-state index is 0.701. The van der Waals surface area contributed by atoms with Gasteiger partial charge < -0.3 is 10.1 Å². The summed E-state index contributed by atoms with van der Waals surface area (Å²) in [4.78, 5) is 4.69. The third-order valence-corrected chi connectivity index (χ3v) is 4.30. The lowest BCUT2D eigenvalue weighted by Crippen LogP contribution is -2.16. The first-order valence-corrected chi connectivity index (χ1v) is 8.03. The molecule has 21 heavy (non-hydrogen) atoms. The number of nitrogens with one attached hydrogen (secondary N) is 1. The molecule has 0 atom stereocenters. The van der Waals surface area contributed by atoms with Crippen LogP contribution in [-0.2, 0) is 6.54 Å². The van der Waals surface area contributed by atoms with Gasteiger partial charge in [0.2, 0.25) is 5.88 Å². The average molecular weight is 284 g/mol. The number of hydrogen-bond acceptors (Lipinski definition) is 3. The molecular formula is C18H24N2O. The maximum absolute atomic E-state index is 6.11. The summed E-state index contributed by atoms with van der Waals surface area (Å²) in [6.07, 6.45) is 6.68. The molecule has 112 valence electrons. The minimum Gasteiger partial charge on any atom is -0.477 e. The molecule has 1 aliphatic rings. The van der Waals surface area contributed by atoms with Crippen molar-refractivity contribution in [2.75, 3.05) is 13.7 Å². The quantitative estimate of drug-likeness (QED) is 0.903. The summed E-state index contributed by atoms with van der Waals surface area (Å²) in [5, 5.41) is 5.49. The molecule has 1 heterocycles. The van der Waals surface area contributed by atoms with E-state index in [1.165, 1.54) is 37.5 Å². The van der Waals surface area contributed by atoms with Gasteiger partial charge in [-0.15, -0.1) is 0 Å². The maximum Gasteiger partial charge on any atom is 0.221 e. The molecule has 1 N–H and O–H groups in total. The molecule has 0 spiro atoms. The van der Waals surface area contributed by atoms with E-state index in [4.69, 9.17) is 9.72 Å². The van der Waals surface area contributed by atoms with Gasteiger partial charge >= 0.3 is 0 Å². The predicted molar refractivity (Wildman–Crippen MR) is 86.6 cm³/mol. The number of hydrogen-bond donors (Lipinski definition) is 1. The number of ether oxygens (including phenoxy) is 1. The van der Waals surface area contributed by atoms with Gasteiger partial charge in [0.05, 0.1) is 12.3 Å². The molecular weight excluding hydrogens is 260 g/mol. The second kappa shape index (κ2) is 6.90. The van der Waals surface area contributed by atoms with Gasteiger partial charge in [0, 0.05) is 11.9 Å². The highest BCUT2D eigenvalue weighted by Crippen LogP contribution is 2.28. The topological polar surface area (TPSA) is 34.1 Å². The van der Waals surface area contributed by atoms with Crippen molar-refractivity contribution in [3.05, 3.63) is 36.0 Å². The molecule has 0 unspecified atom stereocenters. The molecule has 1 saturated carbocycles. The summed E-state index contributed by atoms with van der Waals surface area (Å²) in [5.74, 6) is 1.50. The third-order valence-electron chi connectivity index (χ3n) is 4.30. The van der Waals surface area contributed by atoms with Gasteiger partial charge in [-0.3, -0.25) is 0 Å². The van der Waals surface area contributed by atoms with Crippen molar-refractivity contribution in [1.29, 1.82) is 0 Å². The highest BCUT2D eigenvalue weighted by Gasteiger charge is 2.15. The average Bonchev–Trinajstić information content (AvgIpc) is 2.54. The zero-order valence-corrected chi connectivity index (χ0v) is 12.8. The summed E-state index contributed by atoms with van der Waals surface area (Å²) < 4.78 is 6.11. The smallest absolute Gasteiger partial charge is 0.221 e. The molecule has 0 aliphatic heterocycles. The molecule has 3 nitrogen and oxygen atoms in total. The first-order chi connectivity index (χ1) is 10.4. The highest BCUT2D eigenvalue weighted by molar-refractivity contribution is 5.87. The molecule has 2 aromatic rings. The molecule has 1 aromatic carbocycles. The van der Waals surface area contributed by atoms with E-state index < -0.39 is 0 Å². The Kier molecular flexibility index (Phi) is 4.71. The summed E-state index contributed by atoms with van der Waals surface area (Å²) in [7, 11) is 1.94. The molecule has 0 bridgehead atoms. The van der Waals surface area contributed by atoms with Gasteiger partial charge in [0.1, 0.15) is 0 Å². The Morgan fingerprint density at radius 2 is 2.00 bits per heavy atom. The Balaban J connectivity index is 1.81. The molecule has 1 fully saturated rings. The zero-order valence-electron chi connectivity index (χ0n) is 12.8. The minimum atomic E-state index is 0.701. The number of aromatic nitrogens is 1. The Bertz CT molecular complexity index is 591. The molecule has 3 heteroatoms. The van der Waals surface area contributed by atoms with Gasteiger partial charge in [-0.2, -0.15) is 0 Å². The van der Waals surface area contributed by atoms with Crippen LogP contribution in [0.4, 0.5) is 0 Å². The van der Waals surface area contributed by atoms with Gasteiger partial charge in [-0.25, -0.2) is 4.98 Å². The lowest BCUT2D eigenvalue weighted by molar-refractivity contribution is 0.204. The van der Waals surface area contributed by atoms with E-state index >= 15 is 0 Å². The van der Waals surface area contributed by atoms with Crippen LogP contribution in [0.15, 0.2) is 30.3 Å². The van der Waals surface area contributed by atoms with Crippen molar-refractivity contribution < 1.29 is 4.74 Å². The Hall–Kier alpha value is -1.61. The van der Waals surface area contributed by atoms with Crippen LogP contribution in [0.5, 0.6) is 5.88 Å². The van der Waals surface area contributed by atoms with E-state index in [1.807, 2.05) is 7.05 Å². The van der Waals surface area contributed by atoms with Crippen molar-refractivity contribution in [1.82, 2.24) is 10.3 Å². The SMILES string of the molecule is CNCc1cc2ccccc2c(OCC2CCCCC2)n1. The monoisotopic (exact) mass is 284 g/mol. The normalized spacial score (nSPS) is 16.2. The van der Waals surface area contributed by atoms with E-state index in [0.29, 0.717) is 5.92 Å². The summed E-state index contributed by atoms with van der Waals surface area (Å²) in [5.41, 5.74) is 1.04. The van der Waals surface area contributed by atoms with E-state index in [2.05, 4.69) is 35.6 Å². The van der Waals surface area contributed by atoms with Crippen LogP contribution >= 0.6 is 0 Å². The van der Waals surface area contributed by atoms with Crippen LogP contribution in [0.2, 0.25) is 0 Å². The lowest BCUT2D eigenvalue weighted by atomic mass is 9.90. The van der Waals surface area contributed by atoms with Crippen molar-refractivity contribution in [2.24, 2.45) is 5.92 Å². The fraction of sp³-hybridized carbons (Fsp3) is 0.500. The predicted octanol–water partition coefficient (Wildman–Crippen LogP) is 3.91. The molecule has 0 amide bonds. The Morgan fingerprint density at radius 3 is 2.81 bits per heavy atom. The van der Waals surface area contributed by atoms with Gasteiger partial charge in [0.15, 0.2) is 0 Å². The number of pyridine rings is 1. The van der Waals surface area contributed by atoms with Crippen molar-refractivity contribution in [3.8, 4) is 5.88 Å². The van der Waals surface area contributed by atoms with Gasteiger partial charge in [-0.1, -0.05) is 37.5 Å². The van der Waals surface area contributed by atoms with Crippen molar-refractivity contribution in [3.63, 3.8) is 0 Å². The summed E-state index contributed by atoms with van der Waals surface area (Å²) in [6, 6.07) is 10.5. The second-order valence-electron chi connectivity index (χ2n) is 5.99. The maximum atomic E-state index is 6.11. The van der Waals surface area contributed by atoms with E-state index in [9.17, 15) is 0 Å². The molecule has 0 radical (unpaired) electrons.